The number of nitrogens with two attached hydrogens (primary N) is 1. The molecule has 2 N–H and O–H groups in total. The molecule has 1 aromatic rings. The number of carbonyl (C=O) groups excluding carboxylic acids is 1. The summed E-state index contributed by atoms with van der Waals surface area (Å²) < 4.78 is 0. The zero-order valence-electron chi connectivity index (χ0n) is 13.1. The van der Waals surface area contributed by atoms with Crippen molar-refractivity contribution in [3.63, 3.8) is 0 Å². The Labute approximate surface area is 127 Å². The number of piperazine rings is 1. The van der Waals surface area contributed by atoms with E-state index in [9.17, 15) is 4.79 Å². The maximum atomic E-state index is 11.1. The van der Waals surface area contributed by atoms with Crippen molar-refractivity contribution in [2.24, 2.45) is 5.73 Å². The molecule has 0 spiro atoms. The van der Waals surface area contributed by atoms with Gasteiger partial charge >= 0.3 is 0 Å². The lowest BCUT2D eigenvalue weighted by atomic mass is 10.1. The number of rotatable bonds is 6. The Bertz CT molecular complexity index is 450. The van der Waals surface area contributed by atoms with Crippen LogP contribution in [0.4, 0.5) is 0 Å². The molecule has 0 bridgehead atoms. The monoisotopic (exact) mass is 290 g/mol. The summed E-state index contributed by atoms with van der Waals surface area (Å²) in [5, 5.41) is 0. The van der Waals surface area contributed by atoms with Crippen LogP contribution in [0, 0.1) is 0 Å². The largest absolute Gasteiger partial charge is 0.366 e. The molecule has 2 rings (SSSR count). The van der Waals surface area contributed by atoms with E-state index in [0.717, 1.165) is 45.8 Å². The fourth-order valence-corrected chi connectivity index (χ4v) is 2.55. The van der Waals surface area contributed by atoms with Gasteiger partial charge in [0.05, 0.1) is 0 Å². The quantitative estimate of drug-likeness (QED) is 0.827. The van der Waals surface area contributed by atoms with Crippen molar-refractivity contribution in [3.05, 3.63) is 35.4 Å². The van der Waals surface area contributed by atoms with Crippen molar-refractivity contribution in [2.45, 2.75) is 6.54 Å². The highest BCUT2D eigenvalue weighted by Gasteiger charge is 2.16. The molecule has 0 atom stereocenters. The first-order valence-electron chi connectivity index (χ1n) is 7.53. The van der Waals surface area contributed by atoms with Crippen LogP contribution >= 0.6 is 0 Å². The summed E-state index contributed by atoms with van der Waals surface area (Å²) >= 11 is 0. The number of hydrogen-bond acceptors (Lipinski definition) is 4. The molecule has 1 aliphatic heterocycles. The lowest BCUT2D eigenvalue weighted by molar-refractivity contribution is 0.1000. The van der Waals surface area contributed by atoms with Crippen LogP contribution in [0.15, 0.2) is 24.3 Å². The van der Waals surface area contributed by atoms with E-state index in [1.807, 2.05) is 24.3 Å². The summed E-state index contributed by atoms with van der Waals surface area (Å²) in [6, 6.07) is 7.62. The molecule has 0 radical (unpaired) electrons. The molecule has 1 fully saturated rings. The van der Waals surface area contributed by atoms with Crippen molar-refractivity contribution >= 4 is 5.91 Å². The Morgan fingerprint density at radius 2 is 1.67 bits per heavy atom. The van der Waals surface area contributed by atoms with Gasteiger partial charge in [-0.3, -0.25) is 14.6 Å². The minimum atomic E-state index is -0.365. The second kappa shape index (κ2) is 7.54. The van der Waals surface area contributed by atoms with Gasteiger partial charge in [0, 0.05) is 51.4 Å². The number of amides is 1. The van der Waals surface area contributed by atoms with Crippen molar-refractivity contribution in [1.82, 2.24) is 14.7 Å². The van der Waals surface area contributed by atoms with Crippen molar-refractivity contribution in [1.29, 1.82) is 0 Å². The summed E-state index contributed by atoms with van der Waals surface area (Å²) in [5.41, 5.74) is 7.07. The van der Waals surface area contributed by atoms with Gasteiger partial charge in [-0.1, -0.05) is 12.1 Å². The third-order valence-corrected chi connectivity index (χ3v) is 3.97. The summed E-state index contributed by atoms with van der Waals surface area (Å²) in [4.78, 5) is 18.3. The molecule has 0 aliphatic carbocycles. The maximum Gasteiger partial charge on any atom is 0.248 e. The molecule has 1 amide bonds. The standard InChI is InChI=1S/C16H26N4O/c1-18(2)7-8-19-9-11-20(12-10-19)13-14-3-5-15(6-4-14)16(17)21/h3-6H,7-13H2,1-2H3,(H2,17,21). The van der Waals surface area contributed by atoms with E-state index < -0.39 is 0 Å². The predicted octanol–water partition coefficient (Wildman–Crippen LogP) is 0.465. The number of nitrogens with zero attached hydrogens (tertiary/aromatic N) is 3. The number of likely N-dealkylation sites (N-methyl/N-ethyl adjacent to an activating group) is 1. The van der Waals surface area contributed by atoms with Crippen LogP contribution in [0.25, 0.3) is 0 Å². The zero-order valence-corrected chi connectivity index (χ0v) is 13.1. The smallest absolute Gasteiger partial charge is 0.248 e. The molecule has 0 unspecified atom stereocenters. The van der Waals surface area contributed by atoms with Crippen LogP contribution in [-0.2, 0) is 6.54 Å². The molecule has 5 heteroatoms. The molecule has 5 nitrogen and oxygen atoms in total. The predicted molar refractivity (Wildman–Crippen MR) is 85.2 cm³/mol. The summed E-state index contributed by atoms with van der Waals surface area (Å²) in [6.07, 6.45) is 0. The Kier molecular flexibility index (Phi) is 5.73. The highest BCUT2D eigenvalue weighted by atomic mass is 16.1. The lowest BCUT2D eigenvalue weighted by Gasteiger charge is -2.35. The first-order valence-corrected chi connectivity index (χ1v) is 7.53. The van der Waals surface area contributed by atoms with Crippen molar-refractivity contribution < 1.29 is 4.79 Å². The third kappa shape index (κ3) is 5.12. The third-order valence-electron chi connectivity index (χ3n) is 3.97. The van der Waals surface area contributed by atoms with Gasteiger partial charge in [0.2, 0.25) is 5.91 Å². The van der Waals surface area contributed by atoms with E-state index in [4.69, 9.17) is 5.73 Å². The van der Waals surface area contributed by atoms with E-state index in [1.165, 1.54) is 5.56 Å². The molecular weight excluding hydrogens is 264 g/mol. The molecule has 0 saturated carbocycles. The van der Waals surface area contributed by atoms with E-state index in [2.05, 4.69) is 28.8 Å². The normalized spacial score (nSPS) is 17.3. The first-order chi connectivity index (χ1) is 10.0. The van der Waals surface area contributed by atoms with Gasteiger partial charge in [0.15, 0.2) is 0 Å². The number of hydrogen-bond donors (Lipinski definition) is 1. The number of primary amides is 1. The summed E-state index contributed by atoms with van der Waals surface area (Å²) in [5.74, 6) is -0.365. The average molecular weight is 290 g/mol. The molecule has 1 saturated heterocycles. The Balaban J connectivity index is 1.76. The lowest BCUT2D eigenvalue weighted by Crippen LogP contribution is -2.47. The average Bonchev–Trinajstić information content (AvgIpc) is 2.47. The van der Waals surface area contributed by atoms with Crippen LogP contribution in [-0.4, -0.2) is 74.0 Å². The fourth-order valence-electron chi connectivity index (χ4n) is 2.55. The van der Waals surface area contributed by atoms with Gasteiger partial charge in [-0.15, -0.1) is 0 Å². The molecule has 116 valence electrons. The topological polar surface area (TPSA) is 52.8 Å². The number of benzene rings is 1. The first kappa shape index (κ1) is 15.9. The summed E-state index contributed by atoms with van der Waals surface area (Å²) in [6.45, 7) is 7.68. The van der Waals surface area contributed by atoms with Gasteiger partial charge in [0.1, 0.15) is 0 Å². The molecule has 21 heavy (non-hydrogen) atoms. The Morgan fingerprint density at radius 3 is 2.19 bits per heavy atom. The molecule has 1 aliphatic rings. The SMILES string of the molecule is CN(C)CCN1CCN(Cc2ccc(C(N)=O)cc2)CC1. The van der Waals surface area contributed by atoms with Crippen LogP contribution in [0.1, 0.15) is 15.9 Å². The van der Waals surface area contributed by atoms with Gasteiger partial charge in [0.25, 0.3) is 0 Å². The van der Waals surface area contributed by atoms with Crippen molar-refractivity contribution in [3.8, 4) is 0 Å². The number of carbonyl (C=O) groups is 1. The second-order valence-corrected chi connectivity index (χ2v) is 5.98. The van der Waals surface area contributed by atoms with Gasteiger partial charge < -0.3 is 10.6 Å². The van der Waals surface area contributed by atoms with E-state index in [-0.39, 0.29) is 5.91 Å². The van der Waals surface area contributed by atoms with Gasteiger partial charge in [-0.25, -0.2) is 0 Å². The van der Waals surface area contributed by atoms with E-state index in [0.29, 0.717) is 5.56 Å². The van der Waals surface area contributed by atoms with Crippen LogP contribution < -0.4 is 5.73 Å². The van der Waals surface area contributed by atoms with Crippen LogP contribution in [0.5, 0.6) is 0 Å². The fraction of sp³-hybridized carbons (Fsp3) is 0.562. The second-order valence-electron chi connectivity index (χ2n) is 5.98. The van der Waals surface area contributed by atoms with E-state index in [1.54, 1.807) is 0 Å². The summed E-state index contributed by atoms with van der Waals surface area (Å²) in [7, 11) is 4.23. The minimum absolute atomic E-state index is 0.365. The minimum Gasteiger partial charge on any atom is -0.366 e. The van der Waals surface area contributed by atoms with E-state index >= 15 is 0 Å². The van der Waals surface area contributed by atoms with Crippen LogP contribution in [0.3, 0.4) is 0 Å². The van der Waals surface area contributed by atoms with Crippen molar-refractivity contribution in [2.75, 3.05) is 53.4 Å². The van der Waals surface area contributed by atoms with Gasteiger partial charge in [-0.2, -0.15) is 0 Å². The Hall–Kier alpha value is -1.43. The highest BCUT2D eigenvalue weighted by molar-refractivity contribution is 5.92. The molecule has 1 heterocycles. The van der Waals surface area contributed by atoms with Crippen LogP contribution in [0.2, 0.25) is 0 Å². The highest BCUT2D eigenvalue weighted by Crippen LogP contribution is 2.10. The zero-order chi connectivity index (χ0) is 15.2. The maximum absolute atomic E-state index is 11.1. The van der Waals surface area contributed by atoms with Gasteiger partial charge in [-0.05, 0) is 31.8 Å². The molecule has 0 aromatic heterocycles. The molecule has 1 aromatic carbocycles. The molecular formula is C16H26N4O. The Morgan fingerprint density at radius 1 is 1.10 bits per heavy atom.